The molecule has 0 aliphatic rings. The quantitative estimate of drug-likeness (QED) is 0.402. The Bertz CT molecular complexity index is 1200. The summed E-state index contributed by atoms with van der Waals surface area (Å²) in [5.74, 6) is 0.0375. The number of aromatic carboxylic acids is 1. The Morgan fingerprint density at radius 3 is 2.59 bits per heavy atom. The second kappa shape index (κ2) is 8.16. The Labute approximate surface area is 172 Å². The summed E-state index contributed by atoms with van der Waals surface area (Å²) >= 11 is 6.25. The number of carbonyl (C=O) groups is 1. The molecule has 3 N–H and O–H groups in total. The predicted molar refractivity (Wildman–Crippen MR) is 115 cm³/mol. The molecule has 1 aromatic heterocycles. The number of carboxylic acid groups (broad SMARTS) is 1. The van der Waals surface area contributed by atoms with Gasteiger partial charge >= 0.3 is 5.97 Å². The third-order valence-electron chi connectivity index (χ3n) is 4.37. The first-order valence-corrected chi connectivity index (χ1v) is 9.32. The Kier molecular flexibility index (Phi) is 5.27. The number of carboxylic acids is 1. The largest absolute Gasteiger partial charge is 0.478 e. The fraction of sp³-hybridized carbons (Fsp3) is 0.0455. The van der Waals surface area contributed by atoms with Gasteiger partial charge in [0, 0.05) is 22.6 Å². The summed E-state index contributed by atoms with van der Waals surface area (Å²) < 4.78 is 0. The molecule has 144 valence electrons. The average Bonchev–Trinajstić information content (AvgIpc) is 2.73. The minimum atomic E-state index is -0.991. The number of nitrogens with zero attached hydrogens (tertiary/aromatic N) is 2. The van der Waals surface area contributed by atoms with Crippen molar-refractivity contribution >= 4 is 45.9 Å². The van der Waals surface area contributed by atoms with E-state index < -0.39 is 5.97 Å². The van der Waals surface area contributed by atoms with Crippen LogP contribution in [-0.4, -0.2) is 21.0 Å². The molecule has 1 heterocycles. The molecule has 7 heteroatoms. The van der Waals surface area contributed by atoms with Crippen molar-refractivity contribution in [1.29, 1.82) is 0 Å². The van der Waals surface area contributed by atoms with Crippen LogP contribution in [0.25, 0.3) is 10.9 Å². The number of anilines is 3. The SMILES string of the molecule is O=C(O)c1cccc(Nc2nc(NCc3ccccc3Cl)c3ccccc3n2)c1. The maximum Gasteiger partial charge on any atom is 0.335 e. The van der Waals surface area contributed by atoms with Gasteiger partial charge < -0.3 is 15.7 Å². The number of hydrogen-bond donors (Lipinski definition) is 3. The van der Waals surface area contributed by atoms with Crippen LogP contribution in [0.1, 0.15) is 15.9 Å². The first-order chi connectivity index (χ1) is 14.1. The zero-order chi connectivity index (χ0) is 20.2. The highest BCUT2D eigenvalue weighted by atomic mass is 35.5. The van der Waals surface area contributed by atoms with E-state index in [1.54, 1.807) is 12.1 Å². The summed E-state index contributed by atoms with van der Waals surface area (Å²) in [5, 5.41) is 17.2. The molecule has 0 spiro atoms. The third-order valence-corrected chi connectivity index (χ3v) is 4.74. The number of para-hydroxylation sites is 1. The van der Waals surface area contributed by atoms with Crippen molar-refractivity contribution < 1.29 is 9.90 Å². The van der Waals surface area contributed by atoms with Crippen molar-refractivity contribution in [2.45, 2.75) is 6.54 Å². The molecule has 0 fully saturated rings. The van der Waals surface area contributed by atoms with Gasteiger partial charge in [-0.1, -0.05) is 48.0 Å². The molecule has 0 saturated carbocycles. The van der Waals surface area contributed by atoms with E-state index in [0.717, 1.165) is 16.5 Å². The smallest absolute Gasteiger partial charge is 0.335 e. The molecular weight excluding hydrogens is 388 g/mol. The molecule has 0 bridgehead atoms. The Morgan fingerprint density at radius 2 is 1.76 bits per heavy atom. The van der Waals surface area contributed by atoms with Crippen LogP contribution >= 0.6 is 11.6 Å². The topological polar surface area (TPSA) is 87.1 Å². The van der Waals surface area contributed by atoms with Gasteiger partial charge in [0.2, 0.25) is 5.95 Å². The van der Waals surface area contributed by atoms with Crippen LogP contribution in [0.5, 0.6) is 0 Å². The summed E-state index contributed by atoms with van der Waals surface area (Å²) in [4.78, 5) is 20.3. The van der Waals surface area contributed by atoms with E-state index in [2.05, 4.69) is 20.6 Å². The standard InChI is InChI=1S/C22H17ClN4O2/c23-18-10-3-1-6-15(18)13-24-20-17-9-2-4-11-19(17)26-22(27-20)25-16-8-5-7-14(12-16)21(28)29/h1-12H,13H2,(H,28,29)(H2,24,25,26,27). The lowest BCUT2D eigenvalue weighted by Crippen LogP contribution is -2.06. The summed E-state index contributed by atoms with van der Waals surface area (Å²) in [6.07, 6.45) is 0. The Hall–Kier alpha value is -3.64. The fourth-order valence-electron chi connectivity index (χ4n) is 2.95. The maximum absolute atomic E-state index is 11.2. The lowest BCUT2D eigenvalue weighted by molar-refractivity contribution is 0.0697. The van der Waals surface area contributed by atoms with Gasteiger partial charge in [0.1, 0.15) is 5.82 Å². The number of aromatic nitrogens is 2. The van der Waals surface area contributed by atoms with E-state index in [1.807, 2.05) is 48.5 Å². The number of halogens is 1. The molecule has 0 aliphatic carbocycles. The molecule has 0 saturated heterocycles. The molecule has 6 nitrogen and oxygen atoms in total. The first kappa shape index (κ1) is 18.7. The van der Waals surface area contributed by atoms with Gasteiger partial charge in [0.15, 0.2) is 0 Å². The Morgan fingerprint density at radius 1 is 0.966 bits per heavy atom. The van der Waals surface area contributed by atoms with Gasteiger partial charge in [-0.3, -0.25) is 0 Å². The number of benzene rings is 3. The summed E-state index contributed by atoms with van der Waals surface area (Å²) in [7, 11) is 0. The summed E-state index contributed by atoms with van der Waals surface area (Å²) in [5.41, 5.74) is 2.51. The molecule has 4 aromatic rings. The predicted octanol–water partition coefficient (Wildman–Crippen LogP) is 5.34. The van der Waals surface area contributed by atoms with Crippen molar-refractivity contribution in [2.75, 3.05) is 10.6 Å². The van der Waals surface area contributed by atoms with Gasteiger partial charge in [-0.15, -0.1) is 0 Å². The van der Waals surface area contributed by atoms with Crippen LogP contribution in [0.2, 0.25) is 5.02 Å². The molecule has 3 aromatic carbocycles. The third kappa shape index (κ3) is 4.28. The highest BCUT2D eigenvalue weighted by Crippen LogP contribution is 2.25. The second-order valence-corrected chi connectivity index (χ2v) is 6.78. The van der Waals surface area contributed by atoms with E-state index in [4.69, 9.17) is 11.6 Å². The van der Waals surface area contributed by atoms with Crippen LogP contribution in [0, 0.1) is 0 Å². The van der Waals surface area contributed by atoms with Gasteiger partial charge in [0.05, 0.1) is 11.1 Å². The fourth-order valence-corrected chi connectivity index (χ4v) is 3.15. The molecule has 0 atom stereocenters. The van der Waals surface area contributed by atoms with Crippen molar-refractivity contribution in [3.63, 3.8) is 0 Å². The minimum Gasteiger partial charge on any atom is -0.478 e. The van der Waals surface area contributed by atoms with Gasteiger partial charge in [-0.05, 0) is 42.0 Å². The molecule has 0 aliphatic heterocycles. The highest BCUT2D eigenvalue weighted by Gasteiger charge is 2.10. The normalized spacial score (nSPS) is 10.7. The maximum atomic E-state index is 11.2. The lowest BCUT2D eigenvalue weighted by Gasteiger charge is -2.13. The van der Waals surface area contributed by atoms with Crippen molar-refractivity contribution in [1.82, 2.24) is 9.97 Å². The molecule has 0 radical (unpaired) electrons. The number of hydrogen-bond acceptors (Lipinski definition) is 5. The molecule has 0 amide bonds. The van der Waals surface area contributed by atoms with Crippen LogP contribution in [-0.2, 0) is 6.54 Å². The van der Waals surface area contributed by atoms with Crippen molar-refractivity contribution in [2.24, 2.45) is 0 Å². The highest BCUT2D eigenvalue weighted by molar-refractivity contribution is 6.31. The van der Waals surface area contributed by atoms with Crippen LogP contribution in [0.4, 0.5) is 17.5 Å². The first-order valence-electron chi connectivity index (χ1n) is 8.94. The van der Waals surface area contributed by atoms with Crippen LogP contribution < -0.4 is 10.6 Å². The number of rotatable bonds is 6. The minimum absolute atomic E-state index is 0.188. The van der Waals surface area contributed by atoms with Crippen molar-refractivity contribution in [3.05, 3.63) is 88.9 Å². The van der Waals surface area contributed by atoms with E-state index in [1.165, 1.54) is 12.1 Å². The van der Waals surface area contributed by atoms with E-state index in [0.29, 0.717) is 29.0 Å². The monoisotopic (exact) mass is 404 g/mol. The summed E-state index contributed by atoms with van der Waals surface area (Å²) in [6, 6.07) is 21.8. The van der Waals surface area contributed by atoms with E-state index in [9.17, 15) is 9.90 Å². The van der Waals surface area contributed by atoms with Gasteiger partial charge in [-0.25, -0.2) is 9.78 Å². The van der Waals surface area contributed by atoms with Gasteiger partial charge in [0.25, 0.3) is 0 Å². The molecule has 4 rings (SSSR count). The zero-order valence-electron chi connectivity index (χ0n) is 15.3. The van der Waals surface area contributed by atoms with E-state index >= 15 is 0 Å². The number of nitrogens with one attached hydrogen (secondary N) is 2. The number of fused-ring (bicyclic) bond motifs is 1. The summed E-state index contributed by atoms with van der Waals surface area (Å²) in [6.45, 7) is 0.509. The van der Waals surface area contributed by atoms with Crippen LogP contribution in [0.15, 0.2) is 72.8 Å². The van der Waals surface area contributed by atoms with E-state index in [-0.39, 0.29) is 5.56 Å². The van der Waals surface area contributed by atoms with Crippen LogP contribution in [0.3, 0.4) is 0 Å². The van der Waals surface area contributed by atoms with Crippen molar-refractivity contribution in [3.8, 4) is 0 Å². The molecule has 0 unspecified atom stereocenters. The Balaban J connectivity index is 1.66. The average molecular weight is 405 g/mol. The van der Waals surface area contributed by atoms with Gasteiger partial charge in [-0.2, -0.15) is 4.98 Å². The zero-order valence-corrected chi connectivity index (χ0v) is 16.0. The molecule has 29 heavy (non-hydrogen) atoms. The lowest BCUT2D eigenvalue weighted by atomic mass is 10.2. The molecular formula is C22H17ClN4O2. The second-order valence-electron chi connectivity index (χ2n) is 6.37.